The van der Waals surface area contributed by atoms with Crippen molar-refractivity contribution in [2.75, 3.05) is 6.61 Å². The summed E-state index contributed by atoms with van der Waals surface area (Å²) in [7, 11) is 0. The highest BCUT2D eigenvalue weighted by molar-refractivity contribution is 5.94. The van der Waals surface area contributed by atoms with E-state index < -0.39 is 17.6 Å². The maximum Gasteiger partial charge on any atom is 0.361 e. The molecular formula is C17H13F2N3O2. The standard InChI is InChI=1S/C17H13F2N3O2/c1-2-24-17(23)16-15(20-22-21-16)11-5-3-10(4-6-11)13-8-7-12(18)9-14(13)19/h3-9H,2H2,1H3,(H,20,21,22). The van der Waals surface area contributed by atoms with Gasteiger partial charge in [-0.25, -0.2) is 13.6 Å². The van der Waals surface area contributed by atoms with Gasteiger partial charge in [-0.3, -0.25) is 0 Å². The predicted octanol–water partition coefficient (Wildman–Crippen LogP) is 3.59. The van der Waals surface area contributed by atoms with Gasteiger partial charge in [0.25, 0.3) is 0 Å². The third kappa shape index (κ3) is 3.01. The Morgan fingerprint density at radius 1 is 1.08 bits per heavy atom. The van der Waals surface area contributed by atoms with E-state index in [9.17, 15) is 13.6 Å². The Bertz CT molecular complexity index is 876. The maximum absolute atomic E-state index is 13.8. The monoisotopic (exact) mass is 329 g/mol. The second-order valence-corrected chi connectivity index (χ2v) is 4.94. The SMILES string of the molecule is CCOC(=O)c1n[nH]nc1-c1ccc(-c2ccc(F)cc2F)cc1. The van der Waals surface area contributed by atoms with Gasteiger partial charge in [-0.2, -0.15) is 10.3 Å². The van der Waals surface area contributed by atoms with Crippen molar-refractivity contribution in [3.63, 3.8) is 0 Å². The van der Waals surface area contributed by atoms with Crippen LogP contribution in [0.3, 0.4) is 0 Å². The highest BCUT2D eigenvalue weighted by Crippen LogP contribution is 2.27. The fourth-order valence-electron chi connectivity index (χ4n) is 2.31. The van der Waals surface area contributed by atoms with Crippen molar-refractivity contribution in [3.8, 4) is 22.4 Å². The van der Waals surface area contributed by atoms with Gasteiger partial charge >= 0.3 is 5.97 Å². The lowest BCUT2D eigenvalue weighted by Crippen LogP contribution is -2.06. The van der Waals surface area contributed by atoms with Crippen LogP contribution < -0.4 is 0 Å². The summed E-state index contributed by atoms with van der Waals surface area (Å²) in [6.45, 7) is 1.93. The largest absolute Gasteiger partial charge is 0.461 e. The van der Waals surface area contributed by atoms with Crippen molar-refractivity contribution >= 4 is 5.97 Å². The number of esters is 1. The van der Waals surface area contributed by atoms with Gasteiger partial charge in [0, 0.05) is 17.2 Å². The van der Waals surface area contributed by atoms with Crippen molar-refractivity contribution in [3.05, 3.63) is 59.8 Å². The fourth-order valence-corrected chi connectivity index (χ4v) is 2.31. The zero-order chi connectivity index (χ0) is 17.1. The first-order chi connectivity index (χ1) is 11.6. The van der Waals surface area contributed by atoms with Crippen molar-refractivity contribution in [2.24, 2.45) is 0 Å². The summed E-state index contributed by atoms with van der Waals surface area (Å²) in [6.07, 6.45) is 0. The number of benzene rings is 2. The molecule has 0 bridgehead atoms. The van der Waals surface area contributed by atoms with E-state index in [1.807, 2.05) is 0 Å². The first-order valence-corrected chi connectivity index (χ1v) is 7.24. The normalized spacial score (nSPS) is 10.6. The first-order valence-electron chi connectivity index (χ1n) is 7.24. The molecule has 24 heavy (non-hydrogen) atoms. The lowest BCUT2D eigenvalue weighted by molar-refractivity contribution is 0.0520. The Hall–Kier alpha value is -3.09. The Balaban J connectivity index is 1.93. The summed E-state index contributed by atoms with van der Waals surface area (Å²) in [4.78, 5) is 11.8. The van der Waals surface area contributed by atoms with Crippen LogP contribution in [0.2, 0.25) is 0 Å². The van der Waals surface area contributed by atoms with E-state index in [1.54, 1.807) is 31.2 Å². The van der Waals surface area contributed by atoms with Crippen LogP contribution in [0, 0.1) is 11.6 Å². The molecule has 0 unspecified atom stereocenters. The van der Waals surface area contributed by atoms with Gasteiger partial charge in [0.05, 0.1) is 6.61 Å². The molecule has 7 heteroatoms. The minimum absolute atomic E-state index is 0.0811. The van der Waals surface area contributed by atoms with Gasteiger partial charge in [-0.1, -0.05) is 24.3 Å². The number of hydrogen-bond acceptors (Lipinski definition) is 4. The number of carbonyl (C=O) groups is 1. The van der Waals surface area contributed by atoms with E-state index in [2.05, 4.69) is 15.4 Å². The summed E-state index contributed by atoms with van der Waals surface area (Å²) in [5.74, 6) is -1.85. The second kappa shape index (κ2) is 6.57. The Labute approximate surface area is 136 Å². The summed E-state index contributed by atoms with van der Waals surface area (Å²) >= 11 is 0. The molecule has 0 atom stereocenters. The molecule has 0 aliphatic carbocycles. The van der Waals surface area contributed by atoms with E-state index in [-0.39, 0.29) is 17.9 Å². The van der Waals surface area contributed by atoms with Crippen LogP contribution in [0.1, 0.15) is 17.4 Å². The summed E-state index contributed by atoms with van der Waals surface area (Å²) in [5.41, 5.74) is 1.92. The van der Waals surface area contributed by atoms with E-state index in [4.69, 9.17) is 4.74 Å². The number of aromatic nitrogens is 3. The first kappa shape index (κ1) is 15.8. The van der Waals surface area contributed by atoms with Crippen LogP contribution in [0.25, 0.3) is 22.4 Å². The molecule has 0 aliphatic heterocycles. The number of aromatic amines is 1. The molecule has 5 nitrogen and oxygen atoms in total. The van der Waals surface area contributed by atoms with E-state index in [0.29, 0.717) is 16.8 Å². The highest BCUT2D eigenvalue weighted by atomic mass is 19.1. The minimum atomic E-state index is -0.642. The lowest BCUT2D eigenvalue weighted by Gasteiger charge is -2.05. The van der Waals surface area contributed by atoms with Gasteiger partial charge in [0.1, 0.15) is 17.3 Å². The average Bonchev–Trinajstić information content (AvgIpc) is 3.05. The van der Waals surface area contributed by atoms with E-state index in [1.165, 1.54) is 12.1 Å². The van der Waals surface area contributed by atoms with Gasteiger partial charge in [-0.15, -0.1) is 5.10 Å². The fraction of sp³-hybridized carbons (Fsp3) is 0.118. The number of hydrogen-bond donors (Lipinski definition) is 1. The van der Waals surface area contributed by atoms with Crippen LogP contribution in [0.4, 0.5) is 8.78 Å². The van der Waals surface area contributed by atoms with Crippen LogP contribution >= 0.6 is 0 Å². The van der Waals surface area contributed by atoms with Crippen LogP contribution in [0.5, 0.6) is 0 Å². The number of carbonyl (C=O) groups excluding carboxylic acids is 1. The van der Waals surface area contributed by atoms with Crippen LogP contribution in [-0.2, 0) is 4.74 Å². The predicted molar refractivity (Wildman–Crippen MR) is 83.1 cm³/mol. The molecule has 1 N–H and O–H groups in total. The van der Waals surface area contributed by atoms with Gasteiger partial charge < -0.3 is 4.74 Å². The van der Waals surface area contributed by atoms with E-state index >= 15 is 0 Å². The summed E-state index contributed by atoms with van der Waals surface area (Å²) in [6, 6.07) is 10.1. The lowest BCUT2D eigenvalue weighted by atomic mass is 10.0. The average molecular weight is 329 g/mol. The molecule has 1 heterocycles. The van der Waals surface area contributed by atoms with Gasteiger partial charge in [0.2, 0.25) is 0 Å². The van der Waals surface area contributed by atoms with Crippen molar-refractivity contribution in [1.82, 2.24) is 15.4 Å². The topological polar surface area (TPSA) is 67.9 Å². The molecule has 3 rings (SSSR count). The second-order valence-electron chi connectivity index (χ2n) is 4.94. The number of nitrogens with zero attached hydrogens (tertiary/aromatic N) is 2. The smallest absolute Gasteiger partial charge is 0.361 e. The van der Waals surface area contributed by atoms with Crippen molar-refractivity contribution in [2.45, 2.75) is 6.92 Å². The molecule has 0 amide bonds. The molecule has 3 aromatic rings. The number of nitrogens with one attached hydrogen (secondary N) is 1. The number of rotatable bonds is 4. The zero-order valence-corrected chi connectivity index (χ0v) is 12.7. The van der Waals surface area contributed by atoms with Gasteiger partial charge in [0.15, 0.2) is 5.69 Å². The molecule has 0 radical (unpaired) electrons. The molecule has 1 aromatic heterocycles. The molecule has 0 aliphatic rings. The Morgan fingerprint density at radius 3 is 2.46 bits per heavy atom. The molecule has 2 aromatic carbocycles. The number of halogens is 2. The molecule has 0 saturated heterocycles. The Kier molecular flexibility index (Phi) is 4.33. The summed E-state index contributed by atoms with van der Waals surface area (Å²) < 4.78 is 31.8. The minimum Gasteiger partial charge on any atom is -0.461 e. The quantitative estimate of drug-likeness (QED) is 0.743. The number of H-pyrrole nitrogens is 1. The third-order valence-corrected chi connectivity index (χ3v) is 3.42. The number of ether oxygens (including phenoxy) is 1. The Morgan fingerprint density at radius 2 is 1.79 bits per heavy atom. The van der Waals surface area contributed by atoms with Crippen LogP contribution in [0.15, 0.2) is 42.5 Å². The van der Waals surface area contributed by atoms with Gasteiger partial charge in [-0.05, 0) is 24.6 Å². The maximum atomic E-state index is 13.8. The molecule has 0 spiro atoms. The third-order valence-electron chi connectivity index (χ3n) is 3.42. The van der Waals surface area contributed by atoms with E-state index in [0.717, 1.165) is 6.07 Å². The van der Waals surface area contributed by atoms with Crippen molar-refractivity contribution in [1.29, 1.82) is 0 Å². The van der Waals surface area contributed by atoms with Crippen molar-refractivity contribution < 1.29 is 18.3 Å². The molecular weight excluding hydrogens is 316 g/mol. The zero-order valence-electron chi connectivity index (χ0n) is 12.7. The highest BCUT2D eigenvalue weighted by Gasteiger charge is 2.19. The molecule has 122 valence electrons. The molecule has 0 fully saturated rings. The van der Waals surface area contributed by atoms with Crippen LogP contribution in [-0.4, -0.2) is 28.0 Å². The summed E-state index contributed by atoms with van der Waals surface area (Å²) in [5, 5.41) is 10.2. The molecule has 0 saturated carbocycles.